The fourth-order valence-corrected chi connectivity index (χ4v) is 4.26. The van der Waals surface area contributed by atoms with E-state index in [9.17, 15) is 0 Å². The number of nitrogens with one attached hydrogen (secondary N) is 1. The zero-order valence-electron chi connectivity index (χ0n) is 16.2. The van der Waals surface area contributed by atoms with Gasteiger partial charge < -0.3 is 10.1 Å². The van der Waals surface area contributed by atoms with Gasteiger partial charge in [0.1, 0.15) is 5.75 Å². The predicted molar refractivity (Wildman–Crippen MR) is 118 cm³/mol. The number of benzene rings is 2. The maximum absolute atomic E-state index is 5.45. The van der Waals surface area contributed by atoms with Crippen LogP contribution in [0.3, 0.4) is 0 Å². The summed E-state index contributed by atoms with van der Waals surface area (Å²) in [6, 6.07) is 21.1. The lowest BCUT2D eigenvalue weighted by Gasteiger charge is -2.13. The molecule has 0 unspecified atom stereocenters. The molecule has 0 radical (unpaired) electrons. The highest BCUT2D eigenvalue weighted by Crippen LogP contribution is 2.30. The molecule has 0 bridgehead atoms. The van der Waals surface area contributed by atoms with Gasteiger partial charge in [0.15, 0.2) is 0 Å². The molecule has 0 atom stereocenters. The van der Waals surface area contributed by atoms with Crippen molar-refractivity contribution in [3.63, 3.8) is 0 Å². The number of aromatic nitrogens is 1. The summed E-state index contributed by atoms with van der Waals surface area (Å²) < 4.78 is 5.45. The highest BCUT2D eigenvalue weighted by molar-refractivity contribution is 7.13. The Bertz CT molecular complexity index is 1070. The van der Waals surface area contributed by atoms with E-state index < -0.39 is 0 Å². The van der Waals surface area contributed by atoms with E-state index in [4.69, 9.17) is 9.72 Å². The lowest BCUT2D eigenvalue weighted by Crippen LogP contribution is -2.17. The Balaban J connectivity index is 1.55. The van der Waals surface area contributed by atoms with Crippen LogP contribution >= 0.6 is 11.3 Å². The van der Waals surface area contributed by atoms with Crippen LogP contribution < -0.4 is 10.1 Å². The van der Waals surface area contributed by atoms with Crippen molar-refractivity contribution in [2.75, 3.05) is 13.7 Å². The number of ether oxygens (including phenoxy) is 1. The number of thiophene rings is 1. The van der Waals surface area contributed by atoms with Crippen molar-refractivity contribution in [3.8, 4) is 16.3 Å². The fourth-order valence-electron chi connectivity index (χ4n) is 3.51. The van der Waals surface area contributed by atoms with Crippen LogP contribution in [0.25, 0.3) is 21.5 Å². The van der Waals surface area contributed by atoms with E-state index in [2.05, 4.69) is 66.2 Å². The molecule has 2 aromatic carbocycles. The topological polar surface area (TPSA) is 34.1 Å². The van der Waals surface area contributed by atoms with Crippen molar-refractivity contribution in [1.29, 1.82) is 0 Å². The number of rotatable bonds is 7. The lowest BCUT2D eigenvalue weighted by atomic mass is 10.1. The smallest absolute Gasteiger partial charge is 0.122 e. The molecule has 4 rings (SSSR count). The first-order valence-electron chi connectivity index (χ1n) is 9.52. The lowest BCUT2D eigenvalue weighted by molar-refractivity contribution is 0.409. The van der Waals surface area contributed by atoms with E-state index in [0.29, 0.717) is 0 Å². The van der Waals surface area contributed by atoms with Gasteiger partial charge in [0.2, 0.25) is 0 Å². The number of pyridine rings is 1. The Labute approximate surface area is 170 Å². The Kier molecular flexibility index (Phi) is 5.70. The quantitative estimate of drug-likeness (QED) is 0.418. The molecule has 0 fully saturated rings. The first kappa shape index (κ1) is 18.7. The highest BCUT2D eigenvalue weighted by Gasteiger charge is 2.11. The molecule has 0 aliphatic rings. The van der Waals surface area contributed by atoms with Crippen molar-refractivity contribution >= 4 is 22.2 Å². The second-order valence-corrected chi connectivity index (χ2v) is 7.81. The molecule has 0 saturated heterocycles. The van der Waals surface area contributed by atoms with E-state index >= 15 is 0 Å². The number of nitrogens with zero attached hydrogens (tertiary/aromatic N) is 1. The van der Waals surface area contributed by atoms with Crippen LogP contribution in [0.4, 0.5) is 0 Å². The van der Waals surface area contributed by atoms with Gasteiger partial charge in [0, 0.05) is 11.9 Å². The highest BCUT2D eigenvalue weighted by atomic mass is 32.1. The zero-order chi connectivity index (χ0) is 19.3. The summed E-state index contributed by atoms with van der Waals surface area (Å²) >= 11 is 1.74. The second-order valence-electron chi connectivity index (χ2n) is 6.86. The van der Waals surface area contributed by atoms with Crippen LogP contribution in [0, 0.1) is 6.92 Å². The summed E-state index contributed by atoms with van der Waals surface area (Å²) in [4.78, 5) is 6.25. The van der Waals surface area contributed by atoms with Gasteiger partial charge in [0.05, 0.1) is 23.2 Å². The molecule has 28 heavy (non-hydrogen) atoms. The number of methoxy groups -OCH3 is 1. The number of para-hydroxylation sites is 2. The van der Waals surface area contributed by atoms with Gasteiger partial charge in [-0.3, -0.25) is 0 Å². The second kappa shape index (κ2) is 8.55. The maximum atomic E-state index is 5.45. The monoisotopic (exact) mass is 388 g/mol. The molecule has 4 aromatic rings. The van der Waals surface area contributed by atoms with Crippen molar-refractivity contribution in [2.45, 2.75) is 19.9 Å². The Morgan fingerprint density at radius 1 is 1.00 bits per heavy atom. The minimum absolute atomic E-state index is 0.791. The Morgan fingerprint density at radius 2 is 1.89 bits per heavy atom. The third kappa shape index (κ3) is 3.93. The SMILES string of the molecule is COc1ccccc1CCNCc1cc2cccc(C)c2nc1-c1cccs1. The molecule has 0 amide bonds. The molecule has 2 heterocycles. The zero-order valence-corrected chi connectivity index (χ0v) is 17.1. The maximum Gasteiger partial charge on any atom is 0.122 e. The van der Waals surface area contributed by atoms with Gasteiger partial charge in [-0.15, -0.1) is 11.3 Å². The minimum atomic E-state index is 0.791. The number of hydrogen-bond donors (Lipinski definition) is 1. The number of hydrogen-bond acceptors (Lipinski definition) is 4. The van der Waals surface area contributed by atoms with Crippen LogP contribution in [-0.2, 0) is 13.0 Å². The van der Waals surface area contributed by atoms with Gasteiger partial charge in [0.25, 0.3) is 0 Å². The van der Waals surface area contributed by atoms with E-state index in [-0.39, 0.29) is 0 Å². The molecule has 1 N–H and O–H groups in total. The van der Waals surface area contributed by atoms with Crippen LogP contribution in [-0.4, -0.2) is 18.6 Å². The molecular formula is C24H24N2OS. The molecule has 2 aromatic heterocycles. The van der Waals surface area contributed by atoms with Crippen LogP contribution in [0.1, 0.15) is 16.7 Å². The van der Waals surface area contributed by atoms with E-state index in [1.807, 2.05) is 12.1 Å². The average molecular weight is 389 g/mol. The molecule has 4 heteroatoms. The fraction of sp³-hybridized carbons (Fsp3) is 0.208. The molecule has 0 saturated carbocycles. The molecule has 0 aliphatic carbocycles. The first-order chi connectivity index (χ1) is 13.8. The summed E-state index contributed by atoms with van der Waals surface area (Å²) in [6.07, 6.45) is 0.929. The third-order valence-electron chi connectivity index (χ3n) is 4.96. The largest absolute Gasteiger partial charge is 0.496 e. The normalized spacial score (nSPS) is 11.1. The molecule has 142 valence electrons. The summed E-state index contributed by atoms with van der Waals surface area (Å²) in [5.74, 6) is 0.950. The van der Waals surface area contributed by atoms with Crippen LogP contribution in [0.15, 0.2) is 66.0 Å². The Morgan fingerprint density at radius 3 is 2.71 bits per heavy atom. The van der Waals surface area contributed by atoms with Gasteiger partial charge in [-0.05, 0) is 60.2 Å². The molecular weight excluding hydrogens is 364 g/mol. The van der Waals surface area contributed by atoms with Crippen molar-refractivity contribution < 1.29 is 4.74 Å². The van der Waals surface area contributed by atoms with Gasteiger partial charge >= 0.3 is 0 Å². The number of aryl methyl sites for hydroxylation is 1. The van der Waals surface area contributed by atoms with Crippen LogP contribution in [0.5, 0.6) is 5.75 Å². The summed E-state index contributed by atoms with van der Waals surface area (Å²) in [5, 5.41) is 6.90. The summed E-state index contributed by atoms with van der Waals surface area (Å²) in [7, 11) is 1.72. The first-order valence-corrected chi connectivity index (χ1v) is 10.4. The molecule has 3 nitrogen and oxygen atoms in total. The van der Waals surface area contributed by atoms with E-state index in [0.717, 1.165) is 36.5 Å². The van der Waals surface area contributed by atoms with Gasteiger partial charge in [-0.1, -0.05) is 42.5 Å². The minimum Gasteiger partial charge on any atom is -0.496 e. The average Bonchev–Trinajstić information content (AvgIpc) is 3.26. The third-order valence-corrected chi connectivity index (χ3v) is 5.84. The summed E-state index contributed by atoms with van der Waals surface area (Å²) in [6.45, 7) is 3.80. The van der Waals surface area contributed by atoms with Crippen molar-refractivity contribution in [3.05, 3.63) is 82.7 Å². The molecule has 0 aliphatic heterocycles. The Hall–Kier alpha value is -2.69. The van der Waals surface area contributed by atoms with Crippen LogP contribution in [0.2, 0.25) is 0 Å². The van der Waals surface area contributed by atoms with Gasteiger partial charge in [-0.2, -0.15) is 0 Å². The predicted octanol–water partition coefficient (Wildman–Crippen LogP) is 5.61. The van der Waals surface area contributed by atoms with E-state index in [1.54, 1.807) is 18.4 Å². The van der Waals surface area contributed by atoms with E-state index in [1.165, 1.54) is 27.0 Å². The number of fused-ring (bicyclic) bond motifs is 1. The van der Waals surface area contributed by atoms with Crippen molar-refractivity contribution in [2.24, 2.45) is 0 Å². The van der Waals surface area contributed by atoms with Gasteiger partial charge in [-0.25, -0.2) is 4.98 Å². The molecule has 0 spiro atoms. The standard InChI is InChI=1S/C24H24N2OS/c1-17-7-5-9-19-15-20(24(26-23(17)19)22-11-6-14-28-22)16-25-13-12-18-8-3-4-10-21(18)27-2/h3-11,14-15,25H,12-13,16H2,1-2H3. The van der Waals surface area contributed by atoms with Crippen molar-refractivity contribution in [1.82, 2.24) is 10.3 Å². The summed E-state index contributed by atoms with van der Waals surface area (Å²) in [5.41, 5.74) is 5.85.